The molecule has 8 heteroatoms. The van der Waals surface area contributed by atoms with Gasteiger partial charge in [-0.25, -0.2) is 4.98 Å². The number of para-hydroxylation sites is 1. The van der Waals surface area contributed by atoms with Gasteiger partial charge in [0, 0.05) is 36.8 Å². The van der Waals surface area contributed by atoms with Gasteiger partial charge in [0.15, 0.2) is 5.11 Å². The van der Waals surface area contributed by atoms with Crippen LogP contribution in [0, 0.1) is 10.1 Å². The van der Waals surface area contributed by atoms with Crippen LogP contribution in [0.2, 0.25) is 0 Å². The van der Waals surface area contributed by atoms with Gasteiger partial charge in [0.25, 0.3) is 5.69 Å². The third-order valence-electron chi connectivity index (χ3n) is 4.70. The molecule has 1 N–H and O–H groups in total. The molecule has 2 heterocycles. The van der Waals surface area contributed by atoms with Crippen molar-refractivity contribution in [1.29, 1.82) is 0 Å². The lowest BCUT2D eigenvalue weighted by Crippen LogP contribution is -2.41. The average molecular weight is 399 g/mol. The molecule has 138 valence electrons. The Balaban J connectivity index is 1.44. The third-order valence-corrected chi connectivity index (χ3v) is 6.26. The first-order valence-corrected chi connectivity index (χ1v) is 9.98. The summed E-state index contributed by atoms with van der Waals surface area (Å²) in [6.45, 7) is 1.73. The van der Waals surface area contributed by atoms with Gasteiger partial charge in [-0.1, -0.05) is 12.1 Å². The van der Waals surface area contributed by atoms with E-state index in [2.05, 4.69) is 22.3 Å². The van der Waals surface area contributed by atoms with Crippen LogP contribution in [-0.2, 0) is 0 Å². The number of benzene rings is 2. The van der Waals surface area contributed by atoms with Gasteiger partial charge in [-0.15, -0.1) is 11.3 Å². The Morgan fingerprint density at radius 3 is 2.78 bits per heavy atom. The number of aromatic nitrogens is 1. The van der Waals surface area contributed by atoms with Crippen molar-refractivity contribution < 1.29 is 4.92 Å². The zero-order valence-corrected chi connectivity index (χ0v) is 16.1. The summed E-state index contributed by atoms with van der Waals surface area (Å²) < 4.78 is 1.22. The number of nitro groups is 1. The molecule has 27 heavy (non-hydrogen) atoms. The Bertz CT molecular complexity index is 954. The van der Waals surface area contributed by atoms with Gasteiger partial charge in [-0.3, -0.25) is 10.1 Å². The van der Waals surface area contributed by atoms with Crippen LogP contribution < -0.4 is 5.32 Å². The number of anilines is 1. The maximum Gasteiger partial charge on any atom is 0.269 e. The van der Waals surface area contributed by atoms with Gasteiger partial charge in [-0.05, 0) is 49.3 Å². The summed E-state index contributed by atoms with van der Waals surface area (Å²) in [5.41, 5.74) is 1.88. The number of piperidine rings is 1. The molecular formula is C19H18N4O2S2. The standard InChI is InChI=1S/C19H18N4O2S2/c24-23(25)15-9-7-14(8-10-15)20-19(26)22-11-3-4-13(12-22)18-21-16-5-1-2-6-17(16)27-18/h1-2,5-10,13H,3-4,11-12H2,(H,20,26)/t13-/m0/s1. The first-order valence-electron chi connectivity index (χ1n) is 8.76. The van der Waals surface area contributed by atoms with E-state index in [-0.39, 0.29) is 5.69 Å². The smallest absolute Gasteiger partial charge is 0.269 e. The van der Waals surface area contributed by atoms with Gasteiger partial charge >= 0.3 is 0 Å². The molecule has 6 nitrogen and oxygen atoms in total. The second kappa shape index (κ2) is 7.58. The number of fused-ring (bicyclic) bond motifs is 1. The molecule has 1 fully saturated rings. The molecule has 4 rings (SSSR count). The number of thiocarbonyl (C=S) groups is 1. The van der Waals surface area contributed by atoms with Crippen molar-refractivity contribution in [2.75, 3.05) is 18.4 Å². The van der Waals surface area contributed by atoms with Crippen molar-refractivity contribution in [3.05, 3.63) is 63.7 Å². The van der Waals surface area contributed by atoms with E-state index in [1.807, 2.05) is 12.1 Å². The molecule has 0 spiro atoms. The number of non-ortho nitro benzene ring substituents is 1. The largest absolute Gasteiger partial charge is 0.348 e. The molecule has 1 saturated heterocycles. The van der Waals surface area contributed by atoms with Crippen LogP contribution in [-0.4, -0.2) is 33.0 Å². The Labute approximate surface area is 166 Å². The van der Waals surface area contributed by atoms with E-state index in [1.54, 1.807) is 23.5 Å². The van der Waals surface area contributed by atoms with E-state index < -0.39 is 4.92 Å². The van der Waals surface area contributed by atoms with Crippen molar-refractivity contribution in [3.63, 3.8) is 0 Å². The minimum Gasteiger partial charge on any atom is -0.348 e. The molecule has 0 radical (unpaired) electrons. The van der Waals surface area contributed by atoms with Gasteiger partial charge in [-0.2, -0.15) is 0 Å². The maximum absolute atomic E-state index is 10.8. The highest BCUT2D eigenvalue weighted by molar-refractivity contribution is 7.80. The van der Waals surface area contributed by atoms with Crippen molar-refractivity contribution >= 4 is 50.3 Å². The van der Waals surface area contributed by atoms with Gasteiger partial charge in [0.1, 0.15) is 0 Å². The molecule has 0 bridgehead atoms. The molecule has 0 amide bonds. The number of nitrogens with one attached hydrogen (secondary N) is 1. The molecule has 2 aromatic carbocycles. The highest BCUT2D eigenvalue weighted by atomic mass is 32.1. The fourth-order valence-electron chi connectivity index (χ4n) is 3.30. The summed E-state index contributed by atoms with van der Waals surface area (Å²) in [5, 5.41) is 15.8. The van der Waals surface area contributed by atoms with Crippen LogP contribution in [0.4, 0.5) is 11.4 Å². The number of hydrogen-bond acceptors (Lipinski definition) is 5. The SMILES string of the molecule is O=[N+]([O-])c1ccc(NC(=S)N2CCC[C@H](c3nc4ccccc4s3)C2)cc1. The molecule has 3 aromatic rings. The summed E-state index contributed by atoms with van der Waals surface area (Å²) in [6.07, 6.45) is 2.17. The molecular weight excluding hydrogens is 380 g/mol. The molecule has 0 unspecified atom stereocenters. The second-order valence-corrected chi connectivity index (χ2v) is 7.99. The zero-order valence-electron chi connectivity index (χ0n) is 14.5. The van der Waals surface area contributed by atoms with E-state index in [0.717, 1.165) is 37.1 Å². The maximum atomic E-state index is 10.8. The Kier molecular flexibility index (Phi) is 5.00. The minimum atomic E-state index is -0.407. The highest BCUT2D eigenvalue weighted by Gasteiger charge is 2.25. The topological polar surface area (TPSA) is 71.3 Å². The van der Waals surface area contributed by atoms with Crippen LogP contribution in [0.15, 0.2) is 48.5 Å². The molecule has 1 atom stereocenters. The first-order chi connectivity index (χ1) is 13.1. The first kappa shape index (κ1) is 17.8. The minimum absolute atomic E-state index is 0.0698. The van der Waals surface area contributed by atoms with E-state index >= 15 is 0 Å². The summed E-state index contributed by atoms with van der Waals surface area (Å²) in [5.74, 6) is 0.368. The second-order valence-electron chi connectivity index (χ2n) is 6.54. The third kappa shape index (κ3) is 3.91. The molecule has 1 aliphatic heterocycles. The van der Waals surface area contributed by atoms with Crippen molar-refractivity contribution in [2.24, 2.45) is 0 Å². The van der Waals surface area contributed by atoms with Crippen LogP contribution >= 0.6 is 23.6 Å². The van der Waals surface area contributed by atoms with Crippen LogP contribution in [0.5, 0.6) is 0 Å². The van der Waals surface area contributed by atoms with Gasteiger partial charge in [0.05, 0.1) is 20.1 Å². The fraction of sp³-hybridized carbons (Fsp3) is 0.263. The van der Waals surface area contributed by atoms with Crippen molar-refractivity contribution in [2.45, 2.75) is 18.8 Å². The lowest BCUT2D eigenvalue weighted by Gasteiger charge is -2.33. The number of thiazole rings is 1. The van der Waals surface area contributed by atoms with Gasteiger partial charge in [0.2, 0.25) is 0 Å². The lowest BCUT2D eigenvalue weighted by atomic mass is 9.99. The number of hydrogen-bond donors (Lipinski definition) is 1. The Morgan fingerprint density at radius 1 is 1.26 bits per heavy atom. The molecule has 1 aromatic heterocycles. The lowest BCUT2D eigenvalue weighted by molar-refractivity contribution is -0.384. The number of nitrogens with zero attached hydrogens (tertiary/aromatic N) is 3. The van der Waals surface area contributed by atoms with Gasteiger partial charge < -0.3 is 10.2 Å². The quantitative estimate of drug-likeness (QED) is 0.389. The molecule has 1 aliphatic rings. The van der Waals surface area contributed by atoms with Crippen LogP contribution in [0.25, 0.3) is 10.2 Å². The van der Waals surface area contributed by atoms with Crippen LogP contribution in [0.3, 0.4) is 0 Å². The van der Waals surface area contributed by atoms with Crippen molar-refractivity contribution in [3.8, 4) is 0 Å². The predicted molar refractivity (Wildman–Crippen MR) is 112 cm³/mol. The fourth-order valence-corrected chi connectivity index (χ4v) is 4.67. The monoisotopic (exact) mass is 398 g/mol. The molecule has 0 aliphatic carbocycles. The van der Waals surface area contributed by atoms with Crippen molar-refractivity contribution in [1.82, 2.24) is 9.88 Å². The van der Waals surface area contributed by atoms with E-state index in [0.29, 0.717) is 11.0 Å². The van der Waals surface area contributed by atoms with E-state index in [4.69, 9.17) is 17.2 Å². The van der Waals surface area contributed by atoms with Crippen LogP contribution in [0.1, 0.15) is 23.8 Å². The normalized spacial score (nSPS) is 17.0. The number of rotatable bonds is 3. The molecule has 0 saturated carbocycles. The number of nitro benzene ring substituents is 1. The summed E-state index contributed by atoms with van der Waals surface area (Å²) in [7, 11) is 0. The summed E-state index contributed by atoms with van der Waals surface area (Å²) in [6, 6.07) is 14.5. The highest BCUT2D eigenvalue weighted by Crippen LogP contribution is 2.33. The van der Waals surface area contributed by atoms with E-state index in [9.17, 15) is 10.1 Å². The zero-order chi connectivity index (χ0) is 18.8. The number of likely N-dealkylation sites (tertiary alicyclic amines) is 1. The Morgan fingerprint density at radius 2 is 2.04 bits per heavy atom. The average Bonchev–Trinajstić information content (AvgIpc) is 3.13. The van der Waals surface area contributed by atoms with E-state index in [1.165, 1.54) is 21.8 Å². The summed E-state index contributed by atoms with van der Waals surface area (Å²) >= 11 is 7.33. The summed E-state index contributed by atoms with van der Waals surface area (Å²) in [4.78, 5) is 17.3. The predicted octanol–water partition coefficient (Wildman–Crippen LogP) is 4.78. The Hall–Kier alpha value is -2.58.